The Kier molecular flexibility index (Phi) is 4.97. The minimum Gasteiger partial charge on any atom is -0.481 e. The Bertz CT molecular complexity index is 615. The van der Waals surface area contributed by atoms with Gasteiger partial charge >= 0.3 is 5.97 Å². The van der Waals surface area contributed by atoms with Gasteiger partial charge in [0.25, 0.3) is 10.2 Å². The molecule has 1 aliphatic carbocycles. The Labute approximate surface area is 125 Å². The molecule has 21 heavy (non-hydrogen) atoms. The molecule has 2 N–H and O–H groups in total. The summed E-state index contributed by atoms with van der Waals surface area (Å²) in [6.07, 6.45) is 2.07. The maximum Gasteiger partial charge on any atom is 0.304 e. The molecule has 116 valence electrons. The van der Waals surface area contributed by atoms with E-state index in [-0.39, 0.29) is 19.0 Å². The standard InChI is InChI=1S/C14H20N2O4S/c1-16(9-8-14(17)18)21(19,20)15-13-7-6-11-4-2-3-5-12(11)10-13/h2-5,13,15H,6-10H2,1H3,(H,17,18). The highest BCUT2D eigenvalue weighted by Crippen LogP contribution is 2.21. The SMILES string of the molecule is CN(CCC(=O)O)S(=O)(=O)NC1CCc2ccccc2C1. The molecule has 0 saturated carbocycles. The van der Waals surface area contributed by atoms with Crippen LogP contribution in [0.3, 0.4) is 0 Å². The first kappa shape index (κ1) is 15.9. The van der Waals surface area contributed by atoms with Crippen LogP contribution in [0.5, 0.6) is 0 Å². The highest BCUT2D eigenvalue weighted by Gasteiger charge is 2.25. The van der Waals surface area contributed by atoms with Gasteiger partial charge in [-0.2, -0.15) is 17.4 Å². The Hall–Kier alpha value is -1.44. The van der Waals surface area contributed by atoms with Gasteiger partial charge in [-0.25, -0.2) is 0 Å². The molecule has 2 rings (SSSR count). The number of carboxylic acids is 1. The van der Waals surface area contributed by atoms with Crippen molar-refractivity contribution < 1.29 is 18.3 Å². The summed E-state index contributed by atoms with van der Waals surface area (Å²) in [6.45, 7) is -0.0338. The molecule has 7 heteroatoms. The summed E-state index contributed by atoms with van der Waals surface area (Å²) in [7, 11) is -2.25. The van der Waals surface area contributed by atoms with Gasteiger partial charge in [0.2, 0.25) is 0 Å². The summed E-state index contributed by atoms with van der Waals surface area (Å²) in [5, 5.41) is 8.62. The number of nitrogens with one attached hydrogen (secondary N) is 1. The lowest BCUT2D eigenvalue weighted by Crippen LogP contribution is -2.46. The van der Waals surface area contributed by atoms with Crippen molar-refractivity contribution in [3.05, 3.63) is 35.4 Å². The molecule has 0 fully saturated rings. The van der Waals surface area contributed by atoms with Gasteiger partial charge in [0, 0.05) is 19.6 Å². The number of hydrogen-bond acceptors (Lipinski definition) is 3. The number of aryl methyl sites for hydroxylation is 1. The van der Waals surface area contributed by atoms with E-state index in [1.165, 1.54) is 18.2 Å². The van der Waals surface area contributed by atoms with Gasteiger partial charge in [-0.05, 0) is 30.4 Å². The minimum absolute atomic E-state index is 0.0338. The van der Waals surface area contributed by atoms with Gasteiger partial charge in [-0.15, -0.1) is 0 Å². The van der Waals surface area contributed by atoms with Crippen LogP contribution < -0.4 is 4.72 Å². The number of rotatable bonds is 6. The quantitative estimate of drug-likeness (QED) is 0.813. The molecule has 0 spiro atoms. The summed E-state index contributed by atoms with van der Waals surface area (Å²) in [4.78, 5) is 10.5. The lowest BCUT2D eigenvalue weighted by atomic mass is 9.89. The van der Waals surface area contributed by atoms with Gasteiger partial charge in [-0.3, -0.25) is 4.79 Å². The smallest absolute Gasteiger partial charge is 0.304 e. The van der Waals surface area contributed by atoms with Gasteiger partial charge in [0.05, 0.1) is 6.42 Å². The van der Waals surface area contributed by atoms with E-state index in [1.807, 2.05) is 18.2 Å². The number of aliphatic carboxylic acids is 1. The topological polar surface area (TPSA) is 86.7 Å². The maximum absolute atomic E-state index is 12.1. The van der Waals surface area contributed by atoms with Crippen molar-refractivity contribution in [2.24, 2.45) is 0 Å². The van der Waals surface area contributed by atoms with Crippen LogP contribution in [0.1, 0.15) is 24.0 Å². The molecule has 0 heterocycles. The molecule has 6 nitrogen and oxygen atoms in total. The number of benzene rings is 1. The summed E-state index contributed by atoms with van der Waals surface area (Å²) < 4.78 is 28.0. The van der Waals surface area contributed by atoms with Gasteiger partial charge in [0.15, 0.2) is 0 Å². The zero-order valence-corrected chi connectivity index (χ0v) is 12.8. The second-order valence-electron chi connectivity index (χ2n) is 5.30. The van der Waals surface area contributed by atoms with E-state index in [4.69, 9.17) is 5.11 Å². The van der Waals surface area contributed by atoms with Crippen LogP contribution in [0.2, 0.25) is 0 Å². The number of carbonyl (C=O) groups is 1. The van der Waals surface area contributed by atoms with Crippen LogP contribution in [0.25, 0.3) is 0 Å². The van der Waals surface area contributed by atoms with E-state index in [2.05, 4.69) is 10.8 Å². The Morgan fingerprint density at radius 1 is 1.38 bits per heavy atom. The molecule has 0 aromatic heterocycles. The average Bonchev–Trinajstić information content (AvgIpc) is 2.44. The molecule has 1 atom stereocenters. The molecular formula is C14H20N2O4S. The average molecular weight is 312 g/mol. The molecule has 0 aliphatic heterocycles. The lowest BCUT2D eigenvalue weighted by Gasteiger charge is -2.27. The number of nitrogens with zero attached hydrogens (tertiary/aromatic N) is 1. The predicted molar refractivity (Wildman–Crippen MR) is 79.2 cm³/mol. The van der Waals surface area contributed by atoms with E-state index in [1.54, 1.807) is 0 Å². The van der Waals surface area contributed by atoms with Crippen LogP contribution >= 0.6 is 0 Å². The molecule has 1 unspecified atom stereocenters. The largest absolute Gasteiger partial charge is 0.481 e. The van der Waals surface area contributed by atoms with Gasteiger partial charge in [0.1, 0.15) is 0 Å². The Morgan fingerprint density at radius 2 is 2.05 bits per heavy atom. The van der Waals surface area contributed by atoms with Crippen molar-refractivity contribution in [1.82, 2.24) is 9.03 Å². The van der Waals surface area contributed by atoms with Crippen LogP contribution in [-0.2, 0) is 27.8 Å². The van der Waals surface area contributed by atoms with Crippen molar-refractivity contribution in [2.45, 2.75) is 31.7 Å². The van der Waals surface area contributed by atoms with E-state index < -0.39 is 16.2 Å². The molecular weight excluding hydrogens is 292 g/mol. The normalized spacial score (nSPS) is 18.5. The van der Waals surface area contributed by atoms with Crippen molar-refractivity contribution in [3.8, 4) is 0 Å². The fourth-order valence-electron chi connectivity index (χ4n) is 2.47. The second-order valence-corrected chi connectivity index (χ2v) is 7.11. The first-order chi connectivity index (χ1) is 9.88. The predicted octanol–water partition coefficient (Wildman–Crippen LogP) is 0.785. The minimum atomic E-state index is -3.64. The number of hydrogen-bond donors (Lipinski definition) is 2. The Morgan fingerprint density at radius 3 is 2.71 bits per heavy atom. The van der Waals surface area contributed by atoms with Crippen LogP contribution in [0.4, 0.5) is 0 Å². The van der Waals surface area contributed by atoms with E-state index in [0.717, 1.165) is 17.1 Å². The van der Waals surface area contributed by atoms with E-state index >= 15 is 0 Å². The van der Waals surface area contributed by atoms with Gasteiger partial charge < -0.3 is 5.11 Å². The van der Waals surface area contributed by atoms with E-state index in [9.17, 15) is 13.2 Å². The summed E-state index contributed by atoms with van der Waals surface area (Å²) in [5.74, 6) is -1.01. The molecule has 0 amide bonds. The van der Waals surface area contributed by atoms with Crippen molar-refractivity contribution >= 4 is 16.2 Å². The number of carboxylic acid groups (broad SMARTS) is 1. The first-order valence-electron chi connectivity index (χ1n) is 6.90. The summed E-state index contributed by atoms with van der Waals surface area (Å²) in [6, 6.07) is 7.89. The molecule has 0 saturated heterocycles. The van der Waals surface area contributed by atoms with Crippen LogP contribution in [0.15, 0.2) is 24.3 Å². The molecule has 1 aliphatic rings. The van der Waals surface area contributed by atoms with Crippen LogP contribution in [-0.4, -0.2) is 43.4 Å². The van der Waals surface area contributed by atoms with E-state index in [0.29, 0.717) is 6.42 Å². The third-order valence-corrected chi connectivity index (χ3v) is 5.35. The van der Waals surface area contributed by atoms with Gasteiger partial charge in [-0.1, -0.05) is 24.3 Å². The zero-order valence-electron chi connectivity index (χ0n) is 11.9. The summed E-state index contributed by atoms with van der Waals surface area (Å²) in [5.41, 5.74) is 2.44. The third kappa shape index (κ3) is 4.26. The second kappa shape index (κ2) is 6.55. The molecule has 0 bridgehead atoms. The number of fused-ring (bicyclic) bond motifs is 1. The monoisotopic (exact) mass is 312 g/mol. The van der Waals surface area contributed by atoms with Crippen molar-refractivity contribution in [2.75, 3.05) is 13.6 Å². The lowest BCUT2D eigenvalue weighted by molar-refractivity contribution is -0.137. The highest BCUT2D eigenvalue weighted by molar-refractivity contribution is 7.87. The zero-order chi connectivity index (χ0) is 15.5. The molecule has 0 radical (unpaired) electrons. The third-order valence-electron chi connectivity index (χ3n) is 3.71. The maximum atomic E-state index is 12.1. The highest BCUT2D eigenvalue weighted by atomic mass is 32.2. The fraction of sp³-hybridized carbons (Fsp3) is 0.500. The molecule has 1 aromatic carbocycles. The van der Waals surface area contributed by atoms with Crippen molar-refractivity contribution in [1.29, 1.82) is 0 Å². The molecule has 1 aromatic rings. The Balaban J connectivity index is 1.97. The first-order valence-corrected chi connectivity index (χ1v) is 8.34. The van der Waals surface area contributed by atoms with Crippen LogP contribution in [0, 0.1) is 0 Å². The summed E-state index contributed by atoms with van der Waals surface area (Å²) >= 11 is 0. The fourth-order valence-corrected chi connectivity index (χ4v) is 3.61. The van der Waals surface area contributed by atoms with Crippen molar-refractivity contribution in [3.63, 3.8) is 0 Å².